The minimum atomic E-state index is -0.368. The fourth-order valence-corrected chi connectivity index (χ4v) is 1.30. The molecule has 1 N–H and O–H groups in total. The van der Waals surface area contributed by atoms with Crippen molar-refractivity contribution in [1.82, 2.24) is 0 Å². The van der Waals surface area contributed by atoms with Crippen LogP contribution in [0.25, 0.3) is 0 Å². The topological polar surface area (TPSA) is 74.2 Å². The van der Waals surface area contributed by atoms with Crippen molar-refractivity contribution < 1.29 is 28.8 Å². The van der Waals surface area contributed by atoms with Crippen LogP contribution in [0.4, 0.5) is 0 Å². The van der Waals surface area contributed by atoms with Crippen molar-refractivity contribution in [2.45, 2.75) is 32.6 Å². The molecule has 0 rings (SSSR count). The molecule has 0 radical (unpaired) electrons. The first-order valence-corrected chi connectivity index (χ1v) is 7.49. The summed E-state index contributed by atoms with van der Waals surface area (Å²) >= 11 is 0. The Morgan fingerprint density at radius 1 is 1.05 bits per heavy atom. The van der Waals surface area contributed by atoms with Crippen molar-refractivity contribution in [2.75, 3.05) is 46.2 Å². The van der Waals surface area contributed by atoms with Crippen molar-refractivity contribution in [3.05, 3.63) is 12.3 Å². The molecule has 0 saturated heterocycles. The van der Waals surface area contributed by atoms with Gasteiger partial charge in [0.1, 0.15) is 13.2 Å². The summed E-state index contributed by atoms with van der Waals surface area (Å²) < 4.78 is 20.5. The maximum atomic E-state index is 11.0. The SMILES string of the molecule is CCCCOCC/C=C/OCCOCCC(=O)OCCO. The van der Waals surface area contributed by atoms with Crippen molar-refractivity contribution in [3.8, 4) is 0 Å². The van der Waals surface area contributed by atoms with Gasteiger partial charge < -0.3 is 24.1 Å². The molecule has 0 saturated carbocycles. The molecule has 0 atom stereocenters. The van der Waals surface area contributed by atoms with E-state index in [1.54, 1.807) is 6.26 Å². The Morgan fingerprint density at radius 3 is 2.62 bits per heavy atom. The monoisotopic (exact) mass is 304 g/mol. The Morgan fingerprint density at radius 2 is 1.86 bits per heavy atom. The fraction of sp³-hybridized carbons (Fsp3) is 0.800. The van der Waals surface area contributed by atoms with E-state index in [1.165, 1.54) is 0 Å². The number of esters is 1. The first-order chi connectivity index (χ1) is 10.3. The average Bonchev–Trinajstić information content (AvgIpc) is 2.49. The Balaban J connectivity index is 3.16. The zero-order valence-corrected chi connectivity index (χ0v) is 12.9. The minimum Gasteiger partial charge on any atom is -0.499 e. The summed E-state index contributed by atoms with van der Waals surface area (Å²) in [6, 6.07) is 0. The summed E-state index contributed by atoms with van der Waals surface area (Å²) in [4.78, 5) is 11.0. The zero-order chi connectivity index (χ0) is 15.6. The van der Waals surface area contributed by atoms with Gasteiger partial charge in [-0.25, -0.2) is 0 Å². The highest BCUT2D eigenvalue weighted by atomic mass is 16.5. The van der Waals surface area contributed by atoms with Crippen LogP contribution in [-0.2, 0) is 23.7 Å². The van der Waals surface area contributed by atoms with E-state index in [1.807, 2.05) is 6.08 Å². The smallest absolute Gasteiger partial charge is 0.308 e. The molecular weight excluding hydrogens is 276 g/mol. The van der Waals surface area contributed by atoms with Gasteiger partial charge in [0.2, 0.25) is 0 Å². The van der Waals surface area contributed by atoms with Crippen LogP contribution in [0, 0.1) is 0 Å². The van der Waals surface area contributed by atoms with E-state index in [2.05, 4.69) is 11.7 Å². The molecular formula is C15H28O6. The Bertz CT molecular complexity index is 255. The molecule has 0 aliphatic heterocycles. The van der Waals surface area contributed by atoms with Crippen LogP contribution in [0.2, 0.25) is 0 Å². The highest BCUT2D eigenvalue weighted by Gasteiger charge is 2.01. The normalized spacial score (nSPS) is 11.0. The number of hydrogen-bond acceptors (Lipinski definition) is 6. The third-order valence-corrected chi connectivity index (χ3v) is 2.41. The molecule has 0 aromatic carbocycles. The maximum Gasteiger partial charge on any atom is 0.308 e. The number of rotatable bonds is 15. The first kappa shape index (κ1) is 19.9. The summed E-state index contributed by atoms with van der Waals surface area (Å²) in [5.74, 6) is -0.368. The lowest BCUT2D eigenvalue weighted by atomic mass is 10.4. The molecule has 0 aromatic rings. The standard InChI is InChI=1S/C15H28O6/c1-2-3-8-18-9-4-5-10-19-13-14-20-11-6-15(17)21-12-7-16/h5,10,16H,2-4,6-9,11-14H2,1H3/b10-5+. The van der Waals surface area contributed by atoms with Crippen LogP contribution in [0.15, 0.2) is 12.3 Å². The van der Waals surface area contributed by atoms with Crippen molar-refractivity contribution >= 4 is 5.97 Å². The van der Waals surface area contributed by atoms with Crippen molar-refractivity contribution in [1.29, 1.82) is 0 Å². The number of ether oxygens (including phenoxy) is 4. The van der Waals surface area contributed by atoms with Gasteiger partial charge in [-0.05, 0) is 18.9 Å². The molecule has 0 bridgehead atoms. The van der Waals surface area contributed by atoms with Gasteiger partial charge >= 0.3 is 5.97 Å². The predicted octanol–water partition coefficient (Wildman–Crippen LogP) is 1.67. The lowest BCUT2D eigenvalue weighted by Gasteiger charge is -2.04. The van der Waals surface area contributed by atoms with Gasteiger partial charge in [0.05, 0.1) is 39.1 Å². The van der Waals surface area contributed by atoms with E-state index >= 15 is 0 Å². The fourth-order valence-electron chi connectivity index (χ4n) is 1.30. The third-order valence-electron chi connectivity index (χ3n) is 2.41. The van der Waals surface area contributed by atoms with E-state index in [4.69, 9.17) is 19.3 Å². The van der Waals surface area contributed by atoms with Crippen LogP contribution in [0.1, 0.15) is 32.6 Å². The molecule has 0 amide bonds. The molecule has 0 aliphatic carbocycles. The highest BCUT2D eigenvalue weighted by Crippen LogP contribution is 1.92. The number of carbonyl (C=O) groups is 1. The van der Waals surface area contributed by atoms with Gasteiger partial charge in [0.15, 0.2) is 0 Å². The lowest BCUT2D eigenvalue weighted by Crippen LogP contribution is -2.12. The summed E-state index contributed by atoms with van der Waals surface area (Å²) in [6.07, 6.45) is 6.83. The molecule has 0 aliphatic rings. The molecule has 0 unspecified atom stereocenters. The second kappa shape index (κ2) is 16.9. The first-order valence-electron chi connectivity index (χ1n) is 7.49. The van der Waals surface area contributed by atoms with Crippen molar-refractivity contribution in [2.24, 2.45) is 0 Å². The average molecular weight is 304 g/mol. The van der Waals surface area contributed by atoms with Crippen LogP contribution in [0.5, 0.6) is 0 Å². The second-order valence-corrected chi connectivity index (χ2v) is 4.30. The van der Waals surface area contributed by atoms with Gasteiger partial charge in [-0.2, -0.15) is 0 Å². The Labute approximate surface area is 127 Å². The van der Waals surface area contributed by atoms with Gasteiger partial charge in [-0.1, -0.05) is 13.3 Å². The lowest BCUT2D eigenvalue weighted by molar-refractivity contribution is -0.145. The van der Waals surface area contributed by atoms with Gasteiger partial charge in [-0.15, -0.1) is 0 Å². The molecule has 124 valence electrons. The number of hydrogen-bond donors (Lipinski definition) is 1. The van der Waals surface area contributed by atoms with E-state index in [0.717, 1.165) is 25.9 Å². The van der Waals surface area contributed by atoms with E-state index in [9.17, 15) is 4.79 Å². The van der Waals surface area contributed by atoms with Crippen LogP contribution in [-0.4, -0.2) is 57.3 Å². The molecule has 0 spiro atoms. The van der Waals surface area contributed by atoms with E-state index in [-0.39, 0.29) is 25.6 Å². The van der Waals surface area contributed by atoms with Crippen molar-refractivity contribution in [3.63, 3.8) is 0 Å². The summed E-state index contributed by atoms with van der Waals surface area (Å²) in [5.41, 5.74) is 0. The number of carbonyl (C=O) groups excluding carboxylic acids is 1. The van der Waals surface area contributed by atoms with E-state index in [0.29, 0.717) is 26.4 Å². The summed E-state index contributed by atoms with van der Waals surface area (Å²) in [6.45, 7) is 4.71. The molecule has 0 aromatic heterocycles. The minimum absolute atomic E-state index is 0.0366. The molecule has 6 nitrogen and oxygen atoms in total. The highest BCUT2D eigenvalue weighted by molar-refractivity contribution is 5.69. The predicted molar refractivity (Wildman–Crippen MR) is 78.9 cm³/mol. The van der Waals surface area contributed by atoms with Crippen LogP contribution >= 0.6 is 0 Å². The molecule has 0 heterocycles. The largest absolute Gasteiger partial charge is 0.499 e. The van der Waals surface area contributed by atoms with Gasteiger partial charge in [-0.3, -0.25) is 4.79 Å². The zero-order valence-electron chi connectivity index (χ0n) is 12.9. The van der Waals surface area contributed by atoms with Gasteiger partial charge in [0, 0.05) is 6.61 Å². The number of aliphatic hydroxyl groups excluding tert-OH is 1. The molecule has 6 heteroatoms. The van der Waals surface area contributed by atoms with Crippen LogP contribution < -0.4 is 0 Å². The molecule has 21 heavy (non-hydrogen) atoms. The Hall–Kier alpha value is -1.11. The van der Waals surface area contributed by atoms with Crippen LogP contribution in [0.3, 0.4) is 0 Å². The van der Waals surface area contributed by atoms with E-state index < -0.39 is 0 Å². The number of aliphatic hydroxyl groups is 1. The second-order valence-electron chi connectivity index (χ2n) is 4.30. The molecule has 0 fully saturated rings. The van der Waals surface area contributed by atoms with Gasteiger partial charge in [0.25, 0.3) is 0 Å². The summed E-state index contributed by atoms with van der Waals surface area (Å²) in [5, 5.41) is 8.46. The summed E-state index contributed by atoms with van der Waals surface area (Å²) in [7, 11) is 0. The quantitative estimate of drug-likeness (QED) is 0.282. The Kier molecular flexibility index (Phi) is 16.0. The number of unbranched alkanes of at least 4 members (excludes halogenated alkanes) is 1. The maximum absolute atomic E-state index is 11.0. The third kappa shape index (κ3) is 16.8.